The number of aromatic nitrogens is 2. The summed E-state index contributed by atoms with van der Waals surface area (Å²) in [6.45, 7) is 4.84. The Labute approximate surface area is 205 Å². The topological polar surface area (TPSA) is 50.2 Å². The van der Waals surface area contributed by atoms with Gasteiger partial charge in [-0.3, -0.25) is 14.4 Å². The Balaban J connectivity index is 1.28. The first-order valence-electron chi connectivity index (χ1n) is 11.9. The van der Waals surface area contributed by atoms with Crippen molar-refractivity contribution in [1.29, 1.82) is 0 Å². The van der Waals surface area contributed by atoms with E-state index in [0.717, 1.165) is 54.6 Å². The minimum Gasteiger partial charge on any atom is -0.351 e. The van der Waals surface area contributed by atoms with E-state index >= 15 is 0 Å². The molecule has 1 atom stereocenters. The van der Waals surface area contributed by atoms with E-state index in [1.54, 1.807) is 0 Å². The summed E-state index contributed by atoms with van der Waals surface area (Å²) in [6.07, 6.45) is 1.91. The van der Waals surface area contributed by atoms with E-state index in [4.69, 9.17) is 16.7 Å². The van der Waals surface area contributed by atoms with E-state index in [0.29, 0.717) is 5.02 Å². The van der Waals surface area contributed by atoms with E-state index < -0.39 is 6.04 Å². The number of rotatable bonds is 6. The third-order valence-corrected chi connectivity index (χ3v) is 6.88. The van der Waals surface area contributed by atoms with Crippen LogP contribution in [0, 0.1) is 0 Å². The zero-order valence-electron chi connectivity index (χ0n) is 19.3. The van der Waals surface area contributed by atoms with Crippen LogP contribution >= 0.6 is 11.6 Å². The third-order valence-electron chi connectivity index (χ3n) is 6.64. The molecule has 34 heavy (non-hydrogen) atoms. The first-order valence-corrected chi connectivity index (χ1v) is 12.3. The molecule has 0 unspecified atom stereocenters. The minimum absolute atomic E-state index is 0.000436. The van der Waals surface area contributed by atoms with Crippen LogP contribution in [-0.2, 0) is 11.3 Å². The van der Waals surface area contributed by atoms with Crippen molar-refractivity contribution >= 4 is 28.4 Å². The smallest absolute Gasteiger partial charge is 0.244 e. The Bertz CT molecular complexity index is 1260. The van der Waals surface area contributed by atoms with Crippen molar-refractivity contribution in [1.82, 2.24) is 20.0 Å². The maximum absolute atomic E-state index is 13.2. The normalized spacial score (nSPS) is 15.9. The van der Waals surface area contributed by atoms with Gasteiger partial charge >= 0.3 is 0 Å². The second-order valence-corrected chi connectivity index (χ2v) is 9.48. The Hall–Kier alpha value is -3.15. The molecule has 174 valence electrons. The van der Waals surface area contributed by atoms with Crippen molar-refractivity contribution in [2.45, 2.75) is 38.4 Å². The number of hydrogen-bond donors (Lipinski definition) is 1. The van der Waals surface area contributed by atoms with Crippen molar-refractivity contribution < 1.29 is 4.79 Å². The van der Waals surface area contributed by atoms with Crippen LogP contribution in [0.2, 0.25) is 5.02 Å². The highest BCUT2D eigenvalue weighted by Crippen LogP contribution is 2.32. The number of halogens is 1. The average Bonchev–Trinajstić information content (AvgIpc) is 3.24. The molecule has 1 aliphatic heterocycles. The van der Waals surface area contributed by atoms with E-state index in [1.165, 1.54) is 5.56 Å². The van der Waals surface area contributed by atoms with Crippen LogP contribution in [0.15, 0.2) is 78.9 Å². The molecule has 1 aliphatic rings. The van der Waals surface area contributed by atoms with Gasteiger partial charge in [-0.05, 0) is 43.5 Å². The molecule has 3 aromatic carbocycles. The van der Waals surface area contributed by atoms with Gasteiger partial charge in [0.05, 0.1) is 5.52 Å². The summed E-state index contributed by atoms with van der Waals surface area (Å²) in [5.74, 6) is 0.000436. The highest BCUT2D eigenvalue weighted by molar-refractivity contribution is 6.31. The lowest BCUT2D eigenvalue weighted by Crippen LogP contribution is -2.46. The molecule has 5 nitrogen and oxygen atoms in total. The molecule has 0 spiro atoms. The first-order chi connectivity index (χ1) is 16.6. The zero-order valence-corrected chi connectivity index (χ0v) is 20.1. The number of benzene rings is 3. The average molecular weight is 473 g/mol. The van der Waals surface area contributed by atoms with Crippen molar-refractivity contribution in [2.75, 3.05) is 13.1 Å². The SMILES string of the molecule is C[C@H](C(=O)NC1CCN(Cc2ccccc2)CC1)n1nc(-c2ccccc2)c2cc(Cl)ccc21. The van der Waals surface area contributed by atoms with Gasteiger partial charge in [0, 0.05) is 41.6 Å². The highest BCUT2D eigenvalue weighted by Gasteiger charge is 2.26. The quantitative estimate of drug-likeness (QED) is 0.391. The maximum Gasteiger partial charge on any atom is 0.244 e. The number of hydrogen-bond acceptors (Lipinski definition) is 3. The lowest BCUT2D eigenvalue weighted by atomic mass is 10.0. The monoisotopic (exact) mass is 472 g/mol. The Morgan fingerprint density at radius 2 is 1.71 bits per heavy atom. The van der Waals surface area contributed by atoms with Crippen LogP contribution in [-0.4, -0.2) is 39.7 Å². The van der Waals surface area contributed by atoms with E-state index in [-0.39, 0.29) is 11.9 Å². The van der Waals surface area contributed by atoms with Crippen molar-refractivity contribution in [3.8, 4) is 11.3 Å². The maximum atomic E-state index is 13.2. The molecule has 0 radical (unpaired) electrons. The number of piperidine rings is 1. The van der Waals surface area contributed by atoms with Gasteiger partial charge in [0.25, 0.3) is 0 Å². The van der Waals surface area contributed by atoms with Gasteiger partial charge in [-0.15, -0.1) is 0 Å². The van der Waals surface area contributed by atoms with Crippen molar-refractivity contribution in [2.24, 2.45) is 0 Å². The van der Waals surface area contributed by atoms with Crippen molar-refractivity contribution in [3.63, 3.8) is 0 Å². The van der Waals surface area contributed by atoms with Gasteiger partial charge in [-0.25, -0.2) is 0 Å². The van der Waals surface area contributed by atoms with Crippen LogP contribution in [0.1, 0.15) is 31.4 Å². The first kappa shape index (κ1) is 22.6. The Morgan fingerprint density at radius 3 is 2.41 bits per heavy atom. The van der Waals surface area contributed by atoms with Crippen LogP contribution in [0.5, 0.6) is 0 Å². The van der Waals surface area contributed by atoms with Gasteiger partial charge in [-0.2, -0.15) is 5.10 Å². The molecule has 0 bridgehead atoms. The summed E-state index contributed by atoms with van der Waals surface area (Å²) in [4.78, 5) is 15.7. The molecule has 0 saturated carbocycles. The standard InChI is InChI=1S/C28H29ClN4O/c1-20(28(34)30-24-14-16-32(17-15-24)19-21-8-4-2-5-9-21)33-26-13-12-23(29)18-25(26)27(31-33)22-10-6-3-7-11-22/h2-13,18,20,24H,14-17,19H2,1H3,(H,30,34)/t20-/m1/s1. The molecule has 6 heteroatoms. The summed E-state index contributed by atoms with van der Waals surface area (Å²) in [5.41, 5.74) is 4.08. The van der Waals surface area contributed by atoms with Gasteiger partial charge < -0.3 is 5.32 Å². The Kier molecular flexibility index (Phi) is 6.66. The number of carbonyl (C=O) groups is 1. The lowest BCUT2D eigenvalue weighted by Gasteiger charge is -2.33. The fourth-order valence-electron chi connectivity index (χ4n) is 4.73. The number of fused-ring (bicyclic) bond motifs is 1. The molecule has 2 heterocycles. The molecule has 5 rings (SSSR count). The predicted octanol–water partition coefficient (Wildman–Crippen LogP) is 5.70. The van der Waals surface area contributed by atoms with E-state index in [9.17, 15) is 4.79 Å². The summed E-state index contributed by atoms with van der Waals surface area (Å²) < 4.78 is 1.83. The second kappa shape index (κ2) is 10.00. The summed E-state index contributed by atoms with van der Waals surface area (Å²) in [6, 6.07) is 26.1. The zero-order chi connectivity index (χ0) is 23.5. The van der Waals surface area contributed by atoms with Gasteiger partial charge in [0.15, 0.2) is 0 Å². The molecule has 4 aromatic rings. The van der Waals surface area contributed by atoms with Gasteiger partial charge in [-0.1, -0.05) is 72.3 Å². The molecule has 1 amide bonds. The van der Waals surface area contributed by atoms with Crippen LogP contribution < -0.4 is 5.32 Å². The number of carbonyl (C=O) groups excluding carboxylic acids is 1. The summed E-state index contributed by atoms with van der Waals surface area (Å²) in [7, 11) is 0. The highest BCUT2D eigenvalue weighted by atomic mass is 35.5. The van der Waals surface area contributed by atoms with E-state index in [2.05, 4.69) is 34.5 Å². The lowest BCUT2D eigenvalue weighted by molar-refractivity contribution is -0.125. The fourth-order valence-corrected chi connectivity index (χ4v) is 4.90. The Morgan fingerprint density at radius 1 is 1.03 bits per heavy atom. The summed E-state index contributed by atoms with van der Waals surface area (Å²) >= 11 is 6.30. The molecule has 0 aliphatic carbocycles. The number of likely N-dealkylation sites (tertiary alicyclic amines) is 1. The van der Waals surface area contributed by atoms with Crippen LogP contribution in [0.3, 0.4) is 0 Å². The van der Waals surface area contributed by atoms with Crippen LogP contribution in [0.4, 0.5) is 0 Å². The summed E-state index contributed by atoms with van der Waals surface area (Å²) in [5, 5.41) is 9.74. The van der Waals surface area contributed by atoms with E-state index in [1.807, 2.05) is 66.2 Å². The predicted molar refractivity (Wildman–Crippen MR) is 138 cm³/mol. The van der Waals surface area contributed by atoms with Gasteiger partial charge in [0.2, 0.25) is 5.91 Å². The molecule has 1 N–H and O–H groups in total. The molecule has 1 fully saturated rings. The van der Waals surface area contributed by atoms with Gasteiger partial charge in [0.1, 0.15) is 11.7 Å². The number of nitrogens with zero attached hydrogens (tertiary/aromatic N) is 3. The molecular formula is C28H29ClN4O. The molecule has 1 aromatic heterocycles. The molecule has 1 saturated heterocycles. The van der Waals surface area contributed by atoms with Crippen molar-refractivity contribution in [3.05, 3.63) is 89.4 Å². The van der Waals surface area contributed by atoms with Crippen LogP contribution in [0.25, 0.3) is 22.2 Å². The number of nitrogens with one attached hydrogen (secondary N) is 1. The minimum atomic E-state index is -0.427. The largest absolute Gasteiger partial charge is 0.351 e. The third kappa shape index (κ3) is 4.86. The fraction of sp³-hybridized carbons (Fsp3) is 0.286. The number of amides is 1. The molecular weight excluding hydrogens is 444 g/mol. The second-order valence-electron chi connectivity index (χ2n) is 9.04.